The number of nitrogens with one attached hydrogen (secondary N) is 1. The van der Waals surface area contributed by atoms with Crippen LogP contribution < -0.4 is 14.8 Å². The fourth-order valence-corrected chi connectivity index (χ4v) is 4.74. The van der Waals surface area contributed by atoms with Crippen molar-refractivity contribution >= 4 is 35.0 Å². The van der Waals surface area contributed by atoms with Crippen LogP contribution in [0.4, 0.5) is 0 Å². The molecule has 0 bridgehead atoms. The van der Waals surface area contributed by atoms with Crippen molar-refractivity contribution < 1.29 is 19.1 Å². The number of ether oxygens (including phenoxy) is 2. The van der Waals surface area contributed by atoms with Gasteiger partial charge in [0.1, 0.15) is 6.04 Å². The average Bonchev–Trinajstić information content (AvgIpc) is 3.26. The summed E-state index contributed by atoms with van der Waals surface area (Å²) < 4.78 is 10.8. The van der Waals surface area contributed by atoms with Crippen LogP contribution in [0.5, 0.6) is 11.5 Å². The van der Waals surface area contributed by atoms with Crippen LogP contribution in [0.3, 0.4) is 0 Å². The van der Waals surface area contributed by atoms with Crippen LogP contribution in [-0.2, 0) is 11.3 Å². The van der Waals surface area contributed by atoms with Gasteiger partial charge >= 0.3 is 0 Å². The van der Waals surface area contributed by atoms with E-state index in [0.717, 1.165) is 36.7 Å². The summed E-state index contributed by atoms with van der Waals surface area (Å²) in [5.41, 5.74) is 1.45. The normalized spacial score (nSPS) is 16.6. The predicted octanol–water partition coefficient (Wildman–Crippen LogP) is 4.21. The number of fused-ring (bicyclic) bond motifs is 1. The Bertz CT molecular complexity index is 1050. The number of piperazine rings is 1. The van der Waals surface area contributed by atoms with Crippen molar-refractivity contribution in [2.75, 3.05) is 33.0 Å². The topological polar surface area (TPSA) is 71.1 Å². The van der Waals surface area contributed by atoms with Gasteiger partial charge in [0, 0.05) is 37.7 Å². The van der Waals surface area contributed by atoms with Crippen LogP contribution in [0.25, 0.3) is 0 Å². The van der Waals surface area contributed by atoms with Gasteiger partial charge in [-0.2, -0.15) is 0 Å². The first kappa shape index (κ1) is 24.6. The molecule has 7 nitrogen and oxygen atoms in total. The zero-order valence-corrected chi connectivity index (χ0v) is 20.9. The van der Waals surface area contributed by atoms with Gasteiger partial charge in [0.15, 0.2) is 11.5 Å². The van der Waals surface area contributed by atoms with Crippen molar-refractivity contribution in [3.63, 3.8) is 0 Å². The lowest BCUT2D eigenvalue weighted by Crippen LogP contribution is -2.55. The van der Waals surface area contributed by atoms with Crippen LogP contribution >= 0.6 is 23.2 Å². The van der Waals surface area contributed by atoms with E-state index in [2.05, 4.69) is 10.2 Å². The molecular weight excluding hydrogens is 477 g/mol. The zero-order chi connectivity index (χ0) is 24.2. The average molecular weight is 506 g/mol. The lowest BCUT2D eigenvalue weighted by Gasteiger charge is -2.37. The third kappa shape index (κ3) is 5.95. The molecule has 1 N–H and O–H groups in total. The van der Waals surface area contributed by atoms with Crippen molar-refractivity contribution in [1.29, 1.82) is 0 Å². The van der Waals surface area contributed by atoms with Crippen LogP contribution in [0.15, 0.2) is 36.4 Å². The first-order chi connectivity index (χ1) is 16.3. The van der Waals surface area contributed by atoms with E-state index in [9.17, 15) is 9.59 Å². The second-order valence-electron chi connectivity index (χ2n) is 9.07. The summed E-state index contributed by atoms with van der Waals surface area (Å²) >= 11 is 12.1. The number of nitrogens with zero attached hydrogens (tertiary/aromatic N) is 2. The number of hydrogen-bond donors (Lipinski definition) is 1. The second kappa shape index (κ2) is 10.8. The van der Waals surface area contributed by atoms with E-state index in [1.165, 1.54) is 6.07 Å². The molecule has 182 valence electrons. The summed E-state index contributed by atoms with van der Waals surface area (Å²) in [4.78, 5) is 30.3. The number of rotatable bonds is 7. The lowest BCUT2D eigenvalue weighted by atomic mass is 10.0. The highest BCUT2D eigenvalue weighted by Gasteiger charge is 2.30. The SMILES string of the molecule is CC(C)C[C@H](NC(=O)c1ccc(Cl)cc1Cl)C(=O)N1CCN(Cc2ccc3c(c2)OCO3)CC1. The molecule has 2 aliphatic heterocycles. The molecule has 0 radical (unpaired) electrons. The molecule has 0 spiro atoms. The van der Waals surface area contributed by atoms with Crippen molar-refractivity contribution in [2.24, 2.45) is 5.92 Å². The quantitative estimate of drug-likeness (QED) is 0.610. The summed E-state index contributed by atoms with van der Waals surface area (Å²) in [5.74, 6) is 1.36. The Morgan fingerprint density at radius 3 is 2.44 bits per heavy atom. The Labute approximate surface area is 209 Å². The third-order valence-electron chi connectivity index (χ3n) is 6.01. The molecule has 2 heterocycles. The highest BCUT2D eigenvalue weighted by molar-refractivity contribution is 6.36. The largest absolute Gasteiger partial charge is 0.454 e. The molecule has 1 atom stereocenters. The molecule has 0 aromatic heterocycles. The number of amides is 2. The number of carbonyl (C=O) groups excluding carboxylic acids is 2. The molecule has 2 aromatic rings. The van der Waals surface area contributed by atoms with Crippen LogP contribution in [-0.4, -0.2) is 60.6 Å². The summed E-state index contributed by atoms with van der Waals surface area (Å²) in [6.45, 7) is 7.83. The minimum Gasteiger partial charge on any atom is -0.454 e. The van der Waals surface area contributed by atoms with E-state index in [0.29, 0.717) is 30.1 Å². The van der Waals surface area contributed by atoms with Gasteiger partial charge in [-0.1, -0.05) is 43.1 Å². The second-order valence-corrected chi connectivity index (χ2v) is 9.91. The van der Waals surface area contributed by atoms with E-state index < -0.39 is 6.04 Å². The van der Waals surface area contributed by atoms with Crippen molar-refractivity contribution in [1.82, 2.24) is 15.1 Å². The summed E-state index contributed by atoms with van der Waals surface area (Å²) in [6, 6.07) is 10.1. The molecule has 34 heavy (non-hydrogen) atoms. The van der Waals surface area contributed by atoms with Crippen LogP contribution in [0.1, 0.15) is 36.2 Å². The Balaban J connectivity index is 1.35. The maximum Gasteiger partial charge on any atom is 0.253 e. The predicted molar refractivity (Wildman–Crippen MR) is 132 cm³/mol. The number of hydrogen-bond acceptors (Lipinski definition) is 5. The summed E-state index contributed by atoms with van der Waals surface area (Å²) in [6.07, 6.45) is 0.549. The highest BCUT2D eigenvalue weighted by Crippen LogP contribution is 2.33. The van der Waals surface area contributed by atoms with Gasteiger partial charge in [0.25, 0.3) is 5.91 Å². The van der Waals surface area contributed by atoms with Gasteiger partial charge in [-0.15, -0.1) is 0 Å². The van der Waals surface area contributed by atoms with Crippen molar-refractivity contribution in [2.45, 2.75) is 32.9 Å². The van der Waals surface area contributed by atoms with E-state index in [-0.39, 0.29) is 29.5 Å². The van der Waals surface area contributed by atoms with Crippen molar-refractivity contribution in [3.8, 4) is 11.5 Å². The summed E-state index contributed by atoms with van der Waals surface area (Å²) in [5, 5.41) is 3.62. The molecule has 2 amide bonds. The molecule has 1 saturated heterocycles. The first-order valence-electron chi connectivity index (χ1n) is 11.5. The van der Waals surface area contributed by atoms with Crippen LogP contribution in [0.2, 0.25) is 10.0 Å². The fraction of sp³-hybridized carbons (Fsp3) is 0.440. The monoisotopic (exact) mass is 505 g/mol. The molecule has 0 unspecified atom stereocenters. The van der Waals surface area contributed by atoms with Gasteiger partial charge < -0.3 is 19.7 Å². The minimum atomic E-state index is -0.611. The molecule has 2 aliphatic rings. The van der Waals surface area contributed by atoms with Crippen molar-refractivity contribution in [3.05, 3.63) is 57.6 Å². The Morgan fingerprint density at radius 1 is 1.00 bits per heavy atom. The molecule has 9 heteroatoms. The Morgan fingerprint density at radius 2 is 1.74 bits per heavy atom. The zero-order valence-electron chi connectivity index (χ0n) is 19.4. The molecule has 0 aliphatic carbocycles. The fourth-order valence-electron chi connectivity index (χ4n) is 4.25. The first-order valence-corrected chi connectivity index (χ1v) is 12.2. The Hall–Kier alpha value is -2.48. The Kier molecular flexibility index (Phi) is 7.86. The number of benzene rings is 2. The van der Waals surface area contributed by atoms with E-state index in [4.69, 9.17) is 32.7 Å². The maximum absolute atomic E-state index is 13.3. The number of halogens is 2. The molecule has 1 fully saturated rings. The van der Waals surface area contributed by atoms with Gasteiger partial charge in [0.2, 0.25) is 12.7 Å². The van der Waals surface area contributed by atoms with Crippen LogP contribution in [0, 0.1) is 5.92 Å². The third-order valence-corrected chi connectivity index (χ3v) is 6.56. The molecule has 2 aromatic carbocycles. The number of carbonyl (C=O) groups is 2. The van der Waals surface area contributed by atoms with Gasteiger partial charge in [-0.3, -0.25) is 14.5 Å². The highest BCUT2D eigenvalue weighted by atomic mass is 35.5. The smallest absolute Gasteiger partial charge is 0.253 e. The maximum atomic E-state index is 13.3. The minimum absolute atomic E-state index is 0.0603. The summed E-state index contributed by atoms with van der Waals surface area (Å²) in [7, 11) is 0. The van der Waals surface area contributed by atoms with E-state index >= 15 is 0 Å². The van der Waals surface area contributed by atoms with Gasteiger partial charge in [0.05, 0.1) is 10.6 Å². The lowest BCUT2D eigenvalue weighted by molar-refractivity contribution is -0.135. The molecule has 4 rings (SSSR count). The van der Waals surface area contributed by atoms with E-state index in [1.54, 1.807) is 12.1 Å². The van der Waals surface area contributed by atoms with Gasteiger partial charge in [-0.05, 0) is 48.2 Å². The molecular formula is C25H29Cl2N3O4. The van der Waals surface area contributed by atoms with E-state index in [1.807, 2.05) is 36.9 Å². The molecule has 0 saturated carbocycles. The standard InChI is InChI=1S/C25H29Cl2N3O4/c1-16(2)11-21(28-24(31)19-5-4-18(26)13-20(19)27)25(32)30-9-7-29(8-10-30)14-17-3-6-22-23(12-17)34-15-33-22/h3-6,12-13,16,21H,7-11,14-15H2,1-2H3,(H,28,31)/t21-/m0/s1. The van der Waals surface area contributed by atoms with Gasteiger partial charge in [-0.25, -0.2) is 0 Å².